The van der Waals surface area contributed by atoms with Gasteiger partial charge in [0.05, 0.1) is 10.9 Å². The minimum Gasteiger partial charge on any atom is -0.349 e. The molecule has 0 unspecified atom stereocenters. The molecule has 7 nitrogen and oxygen atoms in total. The monoisotopic (exact) mass is 415 g/mol. The molecule has 0 radical (unpaired) electrons. The minimum absolute atomic E-state index is 0.00990. The Labute approximate surface area is 171 Å². The second-order valence-electron chi connectivity index (χ2n) is 7.06. The van der Waals surface area contributed by atoms with E-state index in [2.05, 4.69) is 21.4 Å². The summed E-state index contributed by atoms with van der Waals surface area (Å²) in [7, 11) is -3.73. The van der Waals surface area contributed by atoms with Crippen LogP contribution < -0.4 is 15.4 Å². The van der Waals surface area contributed by atoms with E-state index in [1.54, 1.807) is 0 Å². The van der Waals surface area contributed by atoms with Crippen LogP contribution in [0.1, 0.15) is 43.4 Å². The zero-order valence-corrected chi connectivity index (χ0v) is 17.1. The van der Waals surface area contributed by atoms with E-state index in [1.807, 2.05) is 18.2 Å². The highest BCUT2D eigenvalue weighted by Gasteiger charge is 2.21. The van der Waals surface area contributed by atoms with Crippen LogP contribution in [0.15, 0.2) is 53.4 Å². The molecular formula is C21H25N3O4S. The molecule has 154 valence electrons. The Hall–Kier alpha value is -2.71. The Kier molecular flexibility index (Phi) is 6.66. The Morgan fingerprint density at radius 1 is 1.07 bits per heavy atom. The number of sulfonamides is 1. The summed E-state index contributed by atoms with van der Waals surface area (Å²) >= 11 is 0. The van der Waals surface area contributed by atoms with Crippen LogP contribution in [0, 0.1) is 0 Å². The molecule has 1 aliphatic carbocycles. The zero-order valence-electron chi connectivity index (χ0n) is 16.3. The van der Waals surface area contributed by atoms with Gasteiger partial charge in [0.1, 0.15) is 0 Å². The number of nitrogens with one attached hydrogen (secondary N) is 3. The van der Waals surface area contributed by atoms with Crippen LogP contribution in [0.25, 0.3) is 0 Å². The highest BCUT2D eigenvalue weighted by Crippen LogP contribution is 2.29. The van der Waals surface area contributed by atoms with Gasteiger partial charge in [-0.1, -0.05) is 24.3 Å². The van der Waals surface area contributed by atoms with Crippen molar-refractivity contribution in [3.8, 4) is 0 Å². The summed E-state index contributed by atoms with van der Waals surface area (Å²) in [6.07, 6.45) is 2.98. The van der Waals surface area contributed by atoms with E-state index >= 15 is 0 Å². The average Bonchev–Trinajstić information content (AvgIpc) is 2.68. The molecule has 1 aliphatic rings. The molecule has 0 saturated carbocycles. The maximum atomic E-state index is 12.4. The second-order valence-corrected chi connectivity index (χ2v) is 8.83. The van der Waals surface area contributed by atoms with Crippen LogP contribution in [-0.2, 0) is 26.0 Å². The first-order valence-electron chi connectivity index (χ1n) is 9.59. The Balaban J connectivity index is 1.51. The first-order valence-corrected chi connectivity index (χ1v) is 11.1. The second kappa shape index (κ2) is 9.19. The number of amides is 2. The molecule has 2 amide bonds. The highest BCUT2D eigenvalue weighted by atomic mass is 32.2. The minimum atomic E-state index is -3.73. The van der Waals surface area contributed by atoms with E-state index < -0.39 is 10.0 Å². The van der Waals surface area contributed by atoms with Gasteiger partial charge in [0.2, 0.25) is 21.8 Å². The summed E-state index contributed by atoms with van der Waals surface area (Å²) < 4.78 is 27.2. The van der Waals surface area contributed by atoms with Crippen molar-refractivity contribution >= 4 is 27.5 Å². The first kappa shape index (κ1) is 21.0. The maximum absolute atomic E-state index is 12.4. The largest absolute Gasteiger partial charge is 0.349 e. The lowest BCUT2D eigenvalue weighted by Crippen LogP contribution is -2.34. The number of fused-ring (bicyclic) bond motifs is 1. The van der Waals surface area contributed by atoms with E-state index in [4.69, 9.17) is 0 Å². The summed E-state index contributed by atoms with van der Waals surface area (Å²) in [5.41, 5.74) is 2.92. The van der Waals surface area contributed by atoms with E-state index in [9.17, 15) is 18.0 Å². The van der Waals surface area contributed by atoms with Crippen molar-refractivity contribution < 1.29 is 18.0 Å². The van der Waals surface area contributed by atoms with E-state index in [1.165, 1.54) is 36.8 Å². The topological polar surface area (TPSA) is 104 Å². The fraction of sp³-hybridized carbons (Fsp3) is 0.333. The van der Waals surface area contributed by atoms with Gasteiger partial charge in [0.15, 0.2) is 0 Å². The quantitative estimate of drug-likeness (QED) is 0.646. The average molecular weight is 416 g/mol. The van der Waals surface area contributed by atoms with Crippen LogP contribution in [0.2, 0.25) is 0 Å². The summed E-state index contributed by atoms with van der Waals surface area (Å²) in [4.78, 5) is 23.4. The van der Waals surface area contributed by atoms with Crippen molar-refractivity contribution in [3.63, 3.8) is 0 Å². The van der Waals surface area contributed by atoms with Gasteiger partial charge in [-0.15, -0.1) is 0 Å². The predicted octanol–water partition coefficient (Wildman–Crippen LogP) is 2.51. The van der Waals surface area contributed by atoms with Crippen LogP contribution in [0.4, 0.5) is 5.69 Å². The van der Waals surface area contributed by atoms with E-state index in [-0.39, 0.29) is 35.7 Å². The normalized spacial score (nSPS) is 16.0. The van der Waals surface area contributed by atoms with Gasteiger partial charge in [-0.25, -0.2) is 13.1 Å². The van der Waals surface area contributed by atoms with Crippen molar-refractivity contribution in [2.75, 3.05) is 11.9 Å². The van der Waals surface area contributed by atoms with Gasteiger partial charge in [-0.2, -0.15) is 0 Å². The van der Waals surface area contributed by atoms with Crippen molar-refractivity contribution in [1.82, 2.24) is 10.0 Å². The SMILES string of the molecule is CC(=O)Nc1ccc(S(=O)(=O)NCCC(=O)N[C@H]2CCCc3ccccc32)cc1. The van der Waals surface area contributed by atoms with Crippen molar-refractivity contribution in [2.45, 2.75) is 43.5 Å². The third kappa shape index (κ3) is 5.65. The molecule has 0 aromatic heterocycles. The number of carbonyl (C=O) groups is 2. The van der Waals surface area contributed by atoms with Crippen LogP contribution in [-0.4, -0.2) is 26.8 Å². The number of aryl methyl sites for hydroxylation is 1. The summed E-state index contributed by atoms with van der Waals surface area (Å²) in [5, 5.41) is 5.59. The smallest absolute Gasteiger partial charge is 0.240 e. The molecule has 29 heavy (non-hydrogen) atoms. The summed E-state index contributed by atoms with van der Waals surface area (Å²) in [5.74, 6) is -0.416. The van der Waals surface area contributed by atoms with Gasteiger partial charge in [0, 0.05) is 25.6 Å². The van der Waals surface area contributed by atoms with E-state index in [0.29, 0.717) is 5.69 Å². The Morgan fingerprint density at radius 3 is 2.52 bits per heavy atom. The molecule has 0 bridgehead atoms. The number of benzene rings is 2. The lowest BCUT2D eigenvalue weighted by Gasteiger charge is -2.26. The van der Waals surface area contributed by atoms with Gasteiger partial charge in [-0.3, -0.25) is 9.59 Å². The standard InChI is InChI=1S/C21H25N3O4S/c1-15(25)23-17-9-11-18(12-10-17)29(27,28)22-14-13-21(26)24-20-8-4-6-16-5-2-3-7-19(16)20/h2-3,5,7,9-12,20,22H,4,6,8,13-14H2,1H3,(H,23,25)(H,24,26)/t20-/m0/s1. The molecule has 2 aromatic rings. The molecular weight excluding hydrogens is 390 g/mol. The van der Waals surface area contributed by atoms with Gasteiger partial charge < -0.3 is 10.6 Å². The van der Waals surface area contributed by atoms with Gasteiger partial charge in [0.25, 0.3) is 0 Å². The Morgan fingerprint density at radius 2 is 1.79 bits per heavy atom. The number of hydrogen-bond acceptors (Lipinski definition) is 4. The molecule has 0 saturated heterocycles. The summed E-state index contributed by atoms with van der Waals surface area (Å²) in [6, 6.07) is 13.9. The molecule has 8 heteroatoms. The molecule has 0 aliphatic heterocycles. The van der Waals surface area contributed by atoms with Crippen molar-refractivity contribution in [3.05, 3.63) is 59.7 Å². The number of carbonyl (C=O) groups excluding carboxylic acids is 2. The van der Waals surface area contributed by atoms with Gasteiger partial charge >= 0.3 is 0 Å². The third-order valence-corrected chi connectivity index (χ3v) is 6.31. The number of rotatable bonds is 7. The molecule has 0 fully saturated rings. The first-order chi connectivity index (χ1) is 13.8. The third-order valence-electron chi connectivity index (χ3n) is 4.83. The van der Waals surface area contributed by atoms with Crippen LogP contribution in [0.5, 0.6) is 0 Å². The van der Waals surface area contributed by atoms with Crippen molar-refractivity contribution in [1.29, 1.82) is 0 Å². The van der Waals surface area contributed by atoms with Crippen LogP contribution >= 0.6 is 0 Å². The highest BCUT2D eigenvalue weighted by molar-refractivity contribution is 7.89. The zero-order chi connectivity index (χ0) is 20.9. The lowest BCUT2D eigenvalue weighted by molar-refractivity contribution is -0.121. The number of anilines is 1. The van der Waals surface area contributed by atoms with E-state index in [0.717, 1.165) is 24.8 Å². The summed E-state index contributed by atoms with van der Waals surface area (Å²) in [6.45, 7) is 1.39. The van der Waals surface area contributed by atoms with Gasteiger partial charge in [-0.05, 0) is 54.7 Å². The predicted molar refractivity (Wildman–Crippen MR) is 111 cm³/mol. The molecule has 0 heterocycles. The lowest BCUT2D eigenvalue weighted by atomic mass is 9.88. The van der Waals surface area contributed by atoms with Crippen molar-refractivity contribution in [2.24, 2.45) is 0 Å². The Bertz CT molecular complexity index is 987. The molecule has 3 rings (SSSR count). The molecule has 1 atom stereocenters. The molecule has 0 spiro atoms. The number of hydrogen-bond donors (Lipinski definition) is 3. The fourth-order valence-electron chi connectivity index (χ4n) is 3.47. The molecule has 3 N–H and O–H groups in total. The molecule has 2 aromatic carbocycles. The maximum Gasteiger partial charge on any atom is 0.240 e. The fourth-order valence-corrected chi connectivity index (χ4v) is 4.51. The van der Waals surface area contributed by atoms with Crippen LogP contribution in [0.3, 0.4) is 0 Å².